The van der Waals surface area contributed by atoms with E-state index in [0.717, 1.165) is 82.8 Å². The monoisotopic (exact) mass is 609 g/mol. The van der Waals surface area contributed by atoms with Gasteiger partial charge in [-0.1, -0.05) is 47.2 Å². The van der Waals surface area contributed by atoms with E-state index in [4.69, 9.17) is 16.6 Å². The van der Waals surface area contributed by atoms with E-state index in [1.807, 2.05) is 36.4 Å². The predicted octanol–water partition coefficient (Wildman–Crippen LogP) is 4.95. The summed E-state index contributed by atoms with van der Waals surface area (Å²) in [6.07, 6.45) is 1.65. The van der Waals surface area contributed by atoms with Gasteiger partial charge >= 0.3 is 0 Å². The normalized spacial score (nSPS) is 16.1. The molecule has 0 aliphatic carbocycles. The van der Waals surface area contributed by atoms with E-state index < -0.39 is 10.0 Å². The van der Waals surface area contributed by atoms with Gasteiger partial charge < -0.3 is 10.2 Å². The summed E-state index contributed by atoms with van der Waals surface area (Å²) >= 11 is 8.03. The summed E-state index contributed by atoms with van der Waals surface area (Å²) < 4.78 is 29.3. The number of fused-ring (bicyclic) bond motifs is 2. The number of hydrogen-bond acceptors (Lipinski definition) is 7. The standard InChI is InChI=1S/C30H32ClN5O3S2/c1-21-8-13-25(31)28-27(21)33-30(40-28)35-19-17-34(18-20-35)16-14-32-29(37)23-9-11-24(12-10-23)41(38,39)36-15-4-6-22-5-2-3-7-26(22)36/h2-3,5,7-13H,4,6,14-20H2,1H3,(H,32,37). The highest BCUT2D eigenvalue weighted by atomic mass is 35.5. The third-order valence-corrected chi connectivity index (χ3v) is 11.2. The van der Waals surface area contributed by atoms with E-state index in [9.17, 15) is 13.2 Å². The maximum atomic E-state index is 13.4. The molecule has 0 atom stereocenters. The molecule has 4 aromatic rings. The molecule has 1 saturated heterocycles. The molecule has 41 heavy (non-hydrogen) atoms. The van der Waals surface area contributed by atoms with Crippen molar-refractivity contribution >= 4 is 59.9 Å². The van der Waals surface area contributed by atoms with E-state index >= 15 is 0 Å². The Kier molecular flexibility index (Phi) is 7.91. The number of carbonyl (C=O) groups excluding carboxylic acids is 1. The molecule has 0 saturated carbocycles. The van der Waals surface area contributed by atoms with E-state index in [1.165, 1.54) is 16.4 Å². The van der Waals surface area contributed by atoms with Gasteiger partial charge in [-0.3, -0.25) is 14.0 Å². The third-order valence-electron chi connectivity index (χ3n) is 7.81. The average molecular weight is 610 g/mol. The lowest BCUT2D eigenvalue weighted by molar-refractivity contribution is 0.0947. The summed E-state index contributed by atoms with van der Waals surface area (Å²) in [5.74, 6) is -0.211. The molecule has 0 radical (unpaired) electrons. The molecule has 11 heteroatoms. The SMILES string of the molecule is Cc1ccc(Cl)c2sc(N3CCN(CCNC(=O)c4ccc(S(=O)(=O)N5CCCc6ccccc65)cc4)CC3)nc12. The van der Waals surface area contributed by atoms with Crippen LogP contribution in [0.1, 0.15) is 27.9 Å². The van der Waals surface area contributed by atoms with Crippen molar-refractivity contribution in [2.24, 2.45) is 0 Å². The molecule has 1 amide bonds. The highest BCUT2D eigenvalue weighted by molar-refractivity contribution is 7.92. The van der Waals surface area contributed by atoms with Crippen LogP contribution in [0.4, 0.5) is 10.8 Å². The number of sulfonamides is 1. The number of aromatic nitrogens is 1. The summed E-state index contributed by atoms with van der Waals surface area (Å²) in [4.78, 5) is 22.4. The number of rotatable bonds is 7. The van der Waals surface area contributed by atoms with Gasteiger partial charge in [-0.25, -0.2) is 13.4 Å². The van der Waals surface area contributed by atoms with Crippen molar-refractivity contribution in [1.29, 1.82) is 0 Å². The Morgan fingerprint density at radius 2 is 1.76 bits per heavy atom. The van der Waals surface area contributed by atoms with Gasteiger partial charge in [0.05, 0.1) is 25.8 Å². The first-order chi connectivity index (χ1) is 19.8. The predicted molar refractivity (Wildman–Crippen MR) is 166 cm³/mol. The van der Waals surface area contributed by atoms with Crippen LogP contribution < -0.4 is 14.5 Å². The van der Waals surface area contributed by atoms with Crippen LogP contribution in [0.5, 0.6) is 0 Å². The number of nitrogens with zero attached hydrogens (tertiary/aromatic N) is 4. The molecule has 6 rings (SSSR count). The van der Waals surface area contributed by atoms with Crippen LogP contribution in [-0.4, -0.2) is 70.0 Å². The van der Waals surface area contributed by atoms with Gasteiger partial charge in [0.2, 0.25) is 0 Å². The molecule has 8 nitrogen and oxygen atoms in total. The first-order valence-electron chi connectivity index (χ1n) is 13.8. The highest BCUT2D eigenvalue weighted by Gasteiger charge is 2.29. The Labute approximate surface area is 249 Å². The maximum Gasteiger partial charge on any atom is 0.264 e. The third kappa shape index (κ3) is 5.66. The molecular formula is C30H32ClN5O3S2. The zero-order valence-electron chi connectivity index (χ0n) is 22.8. The lowest BCUT2D eigenvalue weighted by atomic mass is 10.0. The zero-order valence-corrected chi connectivity index (χ0v) is 25.2. The molecule has 1 N–H and O–H groups in total. The number of halogens is 1. The Morgan fingerprint density at radius 1 is 1.00 bits per heavy atom. The van der Waals surface area contributed by atoms with Crippen molar-refractivity contribution < 1.29 is 13.2 Å². The number of para-hydroxylation sites is 1. The Hall–Kier alpha value is -3.18. The van der Waals surface area contributed by atoms with Crippen LogP contribution in [0.2, 0.25) is 5.02 Å². The number of thiazole rings is 1. The minimum atomic E-state index is -3.71. The van der Waals surface area contributed by atoms with Gasteiger partial charge in [0.15, 0.2) is 5.13 Å². The first-order valence-corrected chi connectivity index (χ1v) is 16.5. The minimum absolute atomic E-state index is 0.189. The number of carbonyl (C=O) groups is 1. The Balaban J connectivity index is 1.00. The molecule has 2 aliphatic heterocycles. The largest absolute Gasteiger partial charge is 0.351 e. The summed E-state index contributed by atoms with van der Waals surface area (Å²) in [7, 11) is -3.71. The van der Waals surface area contributed by atoms with E-state index in [-0.39, 0.29) is 10.8 Å². The second-order valence-corrected chi connectivity index (χ2v) is 13.7. The van der Waals surface area contributed by atoms with Crippen molar-refractivity contribution in [3.05, 3.63) is 82.4 Å². The maximum absolute atomic E-state index is 13.4. The van der Waals surface area contributed by atoms with E-state index in [1.54, 1.807) is 23.5 Å². The molecule has 0 spiro atoms. The number of benzene rings is 3. The molecule has 0 bridgehead atoms. The average Bonchev–Trinajstić information content (AvgIpc) is 3.46. The molecule has 214 valence electrons. The summed E-state index contributed by atoms with van der Waals surface area (Å²) in [5.41, 5.74) is 4.32. The van der Waals surface area contributed by atoms with Crippen LogP contribution in [-0.2, 0) is 16.4 Å². The van der Waals surface area contributed by atoms with Gasteiger partial charge in [0.25, 0.3) is 15.9 Å². The second kappa shape index (κ2) is 11.6. The topological polar surface area (TPSA) is 85.8 Å². The fourth-order valence-corrected chi connectivity index (χ4v) is 8.38. The zero-order chi connectivity index (χ0) is 28.6. The second-order valence-electron chi connectivity index (χ2n) is 10.5. The fraction of sp³-hybridized carbons (Fsp3) is 0.333. The van der Waals surface area contributed by atoms with Gasteiger partial charge in [-0.2, -0.15) is 0 Å². The number of nitrogens with one attached hydrogen (secondary N) is 1. The summed E-state index contributed by atoms with van der Waals surface area (Å²) in [5, 5.41) is 4.72. The first kappa shape index (κ1) is 28.0. The number of piperazine rings is 1. The highest BCUT2D eigenvalue weighted by Crippen LogP contribution is 2.36. The van der Waals surface area contributed by atoms with Gasteiger partial charge in [0.1, 0.15) is 0 Å². The smallest absolute Gasteiger partial charge is 0.264 e. The van der Waals surface area contributed by atoms with Crippen LogP contribution in [0, 0.1) is 6.92 Å². The summed E-state index contributed by atoms with van der Waals surface area (Å²) in [6, 6.07) is 17.8. The van der Waals surface area contributed by atoms with Crippen molar-refractivity contribution in [1.82, 2.24) is 15.2 Å². The number of anilines is 2. The van der Waals surface area contributed by atoms with Crippen molar-refractivity contribution in [2.75, 3.05) is 55.0 Å². The van der Waals surface area contributed by atoms with Crippen LogP contribution in [0.15, 0.2) is 65.6 Å². The van der Waals surface area contributed by atoms with Crippen LogP contribution in [0.25, 0.3) is 10.2 Å². The van der Waals surface area contributed by atoms with Crippen molar-refractivity contribution in [3.63, 3.8) is 0 Å². The van der Waals surface area contributed by atoms with E-state index in [0.29, 0.717) is 18.7 Å². The van der Waals surface area contributed by atoms with Crippen LogP contribution in [0.3, 0.4) is 0 Å². The molecular weight excluding hydrogens is 578 g/mol. The van der Waals surface area contributed by atoms with Gasteiger partial charge in [-0.05, 0) is 67.3 Å². The van der Waals surface area contributed by atoms with Crippen molar-refractivity contribution in [2.45, 2.75) is 24.7 Å². The van der Waals surface area contributed by atoms with Crippen LogP contribution >= 0.6 is 22.9 Å². The molecule has 3 aromatic carbocycles. The lowest BCUT2D eigenvalue weighted by Gasteiger charge is -2.34. The molecule has 1 fully saturated rings. The summed E-state index contributed by atoms with van der Waals surface area (Å²) in [6.45, 7) is 7.24. The Bertz CT molecular complexity index is 1640. The number of hydrogen-bond donors (Lipinski definition) is 1. The molecule has 0 unspecified atom stereocenters. The van der Waals surface area contributed by atoms with Crippen molar-refractivity contribution in [3.8, 4) is 0 Å². The minimum Gasteiger partial charge on any atom is -0.351 e. The molecule has 1 aromatic heterocycles. The van der Waals surface area contributed by atoms with E-state index in [2.05, 4.69) is 22.0 Å². The van der Waals surface area contributed by atoms with Gasteiger partial charge in [0, 0.05) is 51.4 Å². The fourth-order valence-electron chi connectivity index (χ4n) is 5.47. The molecule has 3 heterocycles. The number of aryl methyl sites for hydroxylation is 2. The Morgan fingerprint density at radius 3 is 2.51 bits per heavy atom. The van der Waals surface area contributed by atoms with Gasteiger partial charge in [-0.15, -0.1) is 0 Å². The quantitative estimate of drug-likeness (QED) is 0.319. The molecule has 2 aliphatic rings. The number of amides is 1. The lowest BCUT2D eigenvalue weighted by Crippen LogP contribution is -2.48.